The van der Waals surface area contributed by atoms with Crippen molar-refractivity contribution >= 4 is 27.9 Å². The van der Waals surface area contributed by atoms with Crippen molar-refractivity contribution in [2.45, 2.75) is 37.9 Å². The SMILES string of the molecule is Cc1ccc(Br)cc1[C@H]1c2ccccc2[C@H](C)C(OC(=O)c2ccccc2)C1OC(=O)c1ccccc1. The highest BCUT2D eigenvalue weighted by Crippen LogP contribution is 2.46. The molecule has 0 amide bonds. The van der Waals surface area contributed by atoms with Crippen molar-refractivity contribution in [2.75, 3.05) is 0 Å². The largest absolute Gasteiger partial charge is 0.454 e. The van der Waals surface area contributed by atoms with Gasteiger partial charge in [0.25, 0.3) is 0 Å². The van der Waals surface area contributed by atoms with Gasteiger partial charge in [-0.1, -0.05) is 89.6 Å². The predicted octanol–water partition coefficient (Wildman–Crippen LogP) is 7.46. The summed E-state index contributed by atoms with van der Waals surface area (Å²) in [4.78, 5) is 26.7. The van der Waals surface area contributed by atoms with Crippen LogP contribution in [-0.4, -0.2) is 24.1 Å². The molecule has 0 aliphatic heterocycles. The van der Waals surface area contributed by atoms with Crippen LogP contribution in [0.3, 0.4) is 0 Å². The highest BCUT2D eigenvalue weighted by Gasteiger charge is 2.47. The summed E-state index contributed by atoms with van der Waals surface area (Å²) in [5.74, 6) is -1.41. The number of fused-ring (bicyclic) bond motifs is 1. The lowest BCUT2D eigenvalue weighted by atomic mass is 9.70. The number of aryl methyl sites for hydroxylation is 1. The standard InChI is InChI=1S/C32H27BrO4/c1-20-17-18-24(33)19-27(20)28-26-16-10-9-15-25(26)21(2)29(36-31(34)22-11-5-3-6-12-22)30(28)37-32(35)23-13-7-4-8-14-23/h3-19,21,28-30H,1-2H3/t21-,28+,29?,30?/m0/s1. The van der Waals surface area contributed by atoms with Gasteiger partial charge in [-0.2, -0.15) is 0 Å². The number of hydrogen-bond acceptors (Lipinski definition) is 4. The van der Waals surface area contributed by atoms with Gasteiger partial charge in [-0.25, -0.2) is 9.59 Å². The summed E-state index contributed by atoms with van der Waals surface area (Å²) in [6.07, 6.45) is -1.43. The lowest BCUT2D eigenvalue weighted by Gasteiger charge is -2.42. The van der Waals surface area contributed by atoms with E-state index >= 15 is 0 Å². The quantitative estimate of drug-likeness (QED) is 0.240. The van der Waals surface area contributed by atoms with Gasteiger partial charge in [0, 0.05) is 10.4 Å². The first-order valence-corrected chi connectivity index (χ1v) is 13.1. The molecule has 0 N–H and O–H groups in total. The average Bonchev–Trinajstić information content (AvgIpc) is 2.93. The minimum Gasteiger partial charge on any atom is -0.454 e. The van der Waals surface area contributed by atoms with Crippen LogP contribution in [0.2, 0.25) is 0 Å². The van der Waals surface area contributed by atoms with E-state index in [-0.39, 0.29) is 11.8 Å². The molecule has 37 heavy (non-hydrogen) atoms. The Morgan fingerprint density at radius 3 is 1.76 bits per heavy atom. The normalized spacial score (nSPS) is 20.5. The smallest absolute Gasteiger partial charge is 0.338 e. The number of halogens is 1. The third-order valence-corrected chi connectivity index (χ3v) is 7.54. The van der Waals surface area contributed by atoms with Gasteiger partial charge in [-0.05, 0) is 65.6 Å². The predicted molar refractivity (Wildman–Crippen MR) is 147 cm³/mol. The molecule has 1 aliphatic rings. The minimum absolute atomic E-state index is 0.193. The second-order valence-electron chi connectivity index (χ2n) is 9.37. The van der Waals surface area contributed by atoms with Crippen molar-refractivity contribution in [2.24, 2.45) is 0 Å². The molecule has 0 fully saturated rings. The molecule has 0 saturated carbocycles. The fourth-order valence-corrected chi connectivity index (χ4v) is 5.54. The monoisotopic (exact) mass is 554 g/mol. The van der Waals surface area contributed by atoms with Crippen LogP contribution < -0.4 is 0 Å². The Labute approximate surface area is 225 Å². The third kappa shape index (κ3) is 5.09. The van der Waals surface area contributed by atoms with Crippen LogP contribution in [0.4, 0.5) is 0 Å². The first kappa shape index (κ1) is 25.0. The van der Waals surface area contributed by atoms with E-state index in [0.29, 0.717) is 11.1 Å². The van der Waals surface area contributed by atoms with Crippen LogP contribution in [0.15, 0.2) is 108 Å². The summed E-state index contributed by atoms with van der Waals surface area (Å²) in [6.45, 7) is 4.07. The zero-order valence-corrected chi connectivity index (χ0v) is 22.2. The zero-order valence-electron chi connectivity index (χ0n) is 20.6. The molecule has 0 spiro atoms. The number of rotatable bonds is 5. The van der Waals surface area contributed by atoms with E-state index in [2.05, 4.69) is 34.1 Å². The molecule has 1 aliphatic carbocycles. The van der Waals surface area contributed by atoms with Crippen LogP contribution in [0, 0.1) is 6.92 Å². The molecule has 0 saturated heterocycles. The van der Waals surface area contributed by atoms with Crippen LogP contribution >= 0.6 is 15.9 Å². The molecular weight excluding hydrogens is 528 g/mol. The van der Waals surface area contributed by atoms with Gasteiger partial charge in [0.2, 0.25) is 0 Å². The molecule has 0 bridgehead atoms. The summed E-state index contributed by atoms with van der Waals surface area (Å²) in [5, 5.41) is 0. The molecule has 4 nitrogen and oxygen atoms in total. The fraction of sp³-hybridized carbons (Fsp3) is 0.188. The summed E-state index contributed by atoms with van der Waals surface area (Å²) in [5.41, 5.74) is 5.12. The number of ether oxygens (including phenoxy) is 2. The van der Waals surface area contributed by atoms with E-state index < -0.39 is 24.1 Å². The average molecular weight is 555 g/mol. The van der Waals surface area contributed by atoms with Gasteiger partial charge in [0.15, 0.2) is 6.10 Å². The van der Waals surface area contributed by atoms with Gasteiger partial charge in [0.1, 0.15) is 6.10 Å². The molecule has 0 radical (unpaired) electrons. The zero-order chi connectivity index (χ0) is 25.9. The molecule has 2 unspecified atom stereocenters. The maximum Gasteiger partial charge on any atom is 0.338 e. The van der Waals surface area contributed by atoms with Gasteiger partial charge in [0.05, 0.1) is 17.0 Å². The van der Waals surface area contributed by atoms with Crippen molar-refractivity contribution in [3.05, 3.63) is 141 Å². The van der Waals surface area contributed by atoms with Gasteiger partial charge >= 0.3 is 11.9 Å². The molecule has 5 heteroatoms. The Bertz CT molecular complexity index is 1420. The Morgan fingerprint density at radius 2 is 1.16 bits per heavy atom. The Morgan fingerprint density at radius 1 is 0.649 bits per heavy atom. The van der Waals surface area contributed by atoms with E-state index in [1.54, 1.807) is 48.5 Å². The Balaban J connectivity index is 1.64. The van der Waals surface area contributed by atoms with Gasteiger partial charge < -0.3 is 9.47 Å². The van der Waals surface area contributed by atoms with Gasteiger partial charge in [-0.3, -0.25) is 0 Å². The summed E-state index contributed by atoms with van der Waals surface area (Å²) in [7, 11) is 0. The summed E-state index contributed by atoms with van der Waals surface area (Å²) < 4.78 is 13.4. The van der Waals surface area contributed by atoms with E-state index in [1.165, 1.54) is 0 Å². The molecule has 4 atom stereocenters. The first-order valence-electron chi connectivity index (χ1n) is 12.3. The Hall–Kier alpha value is -3.70. The number of hydrogen-bond donors (Lipinski definition) is 0. The first-order chi connectivity index (χ1) is 17.9. The summed E-state index contributed by atoms with van der Waals surface area (Å²) >= 11 is 3.62. The minimum atomic E-state index is -0.738. The van der Waals surface area contributed by atoms with Crippen LogP contribution in [-0.2, 0) is 9.47 Å². The molecule has 5 rings (SSSR count). The van der Waals surface area contributed by atoms with Crippen molar-refractivity contribution in [3.63, 3.8) is 0 Å². The van der Waals surface area contributed by atoms with Gasteiger partial charge in [-0.15, -0.1) is 0 Å². The van der Waals surface area contributed by atoms with E-state index in [4.69, 9.17) is 9.47 Å². The number of carbonyl (C=O) groups excluding carboxylic acids is 2. The third-order valence-electron chi connectivity index (χ3n) is 7.05. The number of carbonyl (C=O) groups is 2. The number of esters is 2. The van der Waals surface area contributed by atoms with Crippen LogP contribution in [0.25, 0.3) is 0 Å². The lowest BCUT2D eigenvalue weighted by molar-refractivity contribution is -0.0532. The second kappa shape index (κ2) is 10.7. The van der Waals surface area contributed by atoms with Crippen molar-refractivity contribution in [1.29, 1.82) is 0 Å². The highest BCUT2D eigenvalue weighted by molar-refractivity contribution is 9.10. The molecule has 186 valence electrons. The fourth-order valence-electron chi connectivity index (χ4n) is 5.16. The van der Waals surface area contributed by atoms with Crippen molar-refractivity contribution < 1.29 is 19.1 Å². The van der Waals surface area contributed by atoms with Crippen LogP contribution in [0.5, 0.6) is 0 Å². The van der Waals surface area contributed by atoms with Crippen LogP contribution in [0.1, 0.15) is 61.7 Å². The molecule has 4 aromatic carbocycles. The molecular formula is C32H27BrO4. The lowest BCUT2D eigenvalue weighted by Crippen LogP contribution is -2.46. The van der Waals surface area contributed by atoms with E-state index in [9.17, 15) is 9.59 Å². The maximum atomic E-state index is 13.4. The number of benzene rings is 4. The van der Waals surface area contributed by atoms with E-state index in [1.807, 2.05) is 50.2 Å². The van der Waals surface area contributed by atoms with Crippen molar-refractivity contribution in [3.8, 4) is 0 Å². The molecule has 0 aromatic heterocycles. The second-order valence-corrected chi connectivity index (χ2v) is 10.3. The Kier molecular flexibility index (Phi) is 7.24. The highest BCUT2D eigenvalue weighted by atomic mass is 79.9. The molecule has 0 heterocycles. The van der Waals surface area contributed by atoms with Crippen molar-refractivity contribution in [1.82, 2.24) is 0 Å². The molecule has 4 aromatic rings. The van der Waals surface area contributed by atoms with E-state index in [0.717, 1.165) is 26.7 Å². The topological polar surface area (TPSA) is 52.6 Å². The maximum absolute atomic E-state index is 13.4. The summed E-state index contributed by atoms with van der Waals surface area (Å²) in [6, 6.07) is 32.1.